The van der Waals surface area contributed by atoms with Crippen molar-refractivity contribution in [1.29, 1.82) is 0 Å². The summed E-state index contributed by atoms with van der Waals surface area (Å²) < 4.78 is 1.68. The summed E-state index contributed by atoms with van der Waals surface area (Å²) in [6, 6.07) is 0.206. The lowest BCUT2D eigenvalue weighted by atomic mass is 9.79. The summed E-state index contributed by atoms with van der Waals surface area (Å²) in [5, 5.41) is 7.78. The number of hydrogen-bond donors (Lipinski definition) is 2. The lowest BCUT2D eigenvalue weighted by molar-refractivity contribution is 0.266. The molecule has 1 saturated carbocycles. The predicted octanol–water partition coefficient (Wildman–Crippen LogP) is 1.84. The number of aromatic nitrogens is 3. The number of H-pyrrole nitrogens is 1. The minimum atomic E-state index is -0.130. The normalized spacial score (nSPS) is 27.9. The van der Waals surface area contributed by atoms with Crippen molar-refractivity contribution < 1.29 is 0 Å². The largest absolute Gasteiger partial charge is 0.343 e. The van der Waals surface area contributed by atoms with Crippen molar-refractivity contribution in [3.05, 3.63) is 10.5 Å². The van der Waals surface area contributed by atoms with Crippen LogP contribution in [-0.4, -0.2) is 26.1 Å². The first-order chi connectivity index (χ1) is 9.02. The minimum Gasteiger partial charge on any atom is -0.327 e. The maximum absolute atomic E-state index is 11.6. The molecule has 3 unspecified atom stereocenters. The van der Waals surface area contributed by atoms with E-state index in [1.54, 1.807) is 16.3 Å². The van der Waals surface area contributed by atoms with Gasteiger partial charge in [-0.25, -0.2) is 9.89 Å². The standard InChI is InChI=1S/C13H24N4OS/c1-4-17-12(18)15-16-13(17)19-11-7-9(8(2)3)5-6-10(11)14/h8-11H,4-7,14H2,1-3H3,(H,15,18). The summed E-state index contributed by atoms with van der Waals surface area (Å²) in [5.74, 6) is 1.43. The lowest BCUT2D eigenvalue weighted by Gasteiger charge is -2.35. The van der Waals surface area contributed by atoms with Crippen LogP contribution in [0.1, 0.15) is 40.0 Å². The van der Waals surface area contributed by atoms with Gasteiger partial charge in [-0.2, -0.15) is 0 Å². The second-order valence-corrected chi connectivity index (χ2v) is 6.90. The third-order valence-electron chi connectivity index (χ3n) is 4.12. The van der Waals surface area contributed by atoms with Crippen LogP contribution in [0.25, 0.3) is 0 Å². The predicted molar refractivity (Wildman–Crippen MR) is 78.3 cm³/mol. The van der Waals surface area contributed by atoms with Crippen molar-refractivity contribution >= 4 is 11.8 Å². The molecule has 1 heterocycles. The van der Waals surface area contributed by atoms with Crippen LogP contribution in [0.5, 0.6) is 0 Å². The van der Waals surface area contributed by atoms with Gasteiger partial charge in [0.1, 0.15) is 0 Å². The highest BCUT2D eigenvalue weighted by Gasteiger charge is 2.31. The van der Waals surface area contributed by atoms with Crippen LogP contribution in [0.3, 0.4) is 0 Å². The Labute approximate surface area is 118 Å². The van der Waals surface area contributed by atoms with Crippen molar-refractivity contribution in [1.82, 2.24) is 14.8 Å². The second-order valence-electron chi connectivity index (χ2n) is 5.69. The highest BCUT2D eigenvalue weighted by molar-refractivity contribution is 7.99. The maximum atomic E-state index is 11.6. The number of aromatic amines is 1. The molecule has 1 aliphatic carbocycles. The van der Waals surface area contributed by atoms with E-state index in [1.807, 2.05) is 6.92 Å². The molecule has 1 aromatic rings. The molecule has 6 heteroatoms. The van der Waals surface area contributed by atoms with Crippen LogP contribution < -0.4 is 11.4 Å². The molecule has 0 aromatic carbocycles. The molecule has 1 aromatic heterocycles. The first-order valence-corrected chi connectivity index (χ1v) is 7.98. The van der Waals surface area contributed by atoms with Gasteiger partial charge in [0.2, 0.25) is 0 Å². The van der Waals surface area contributed by atoms with Crippen LogP contribution in [0.2, 0.25) is 0 Å². The smallest absolute Gasteiger partial charge is 0.327 e. The van der Waals surface area contributed by atoms with Gasteiger partial charge in [-0.3, -0.25) is 4.57 Å². The highest BCUT2D eigenvalue weighted by atomic mass is 32.2. The van der Waals surface area contributed by atoms with Gasteiger partial charge < -0.3 is 5.73 Å². The summed E-state index contributed by atoms with van der Waals surface area (Å²) in [6.45, 7) is 7.16. The van der Waals surface area contributed by atoms with Gasteiger partial charge in [0, 0.05) is 17.8 Å². The molecule has 5 nitrogen and oxygen atoms in total. The number of rotatable bonds is 4. The van der Waals surface area contributed by atoms with Gasteiger partial charge in [0.15, 0.2) is 5.16 Å². The van der Waals surface area contributed by atoms with E-state index >= 15 is 0 Å². The van der Waals surface area contributed by atoms with Crippen LogP contribution in [0.15, 0.2) is 9.95 Å². The minimum absolute atomic E-state index is 0.130. The van der Waals surface area contributed by atoms with Crippen molar-refractivity contribution in [2.45, 2.75) is 63.0 Å². The molecule has 1 fully saturated rings. The van der Waals surface area contributed by atoms with E-state index in [4.69, 9.17) is 5.73 Å². The van der Waals surface area contributed by atoms with Crippen LogP contribution in [0.4, 0.5) is 0 Å². The average Bonchev–Trinajstić information content (AvgIpc) is 2.72. The van der Waals surface area contributed by atoms with Gasteiger partial charge >= 0.3 is 5.69 Å². The molecular formula is C13H24N4OS. The fourth-order valence-corrected chi connectivity index (χ4v) is 4.09. The van der Waals surface area contributed by atoms with Gasteiger partial charge in [0.25, 0.3) is 0 Å². The zero-order valence-corrected chi connectivity index (χ0v) is 12.7. The Kier molecular flexibility index (Phi) is 4.73. The Morgan fingerprint density at radius 1 is 1.53 bits per heavy atom. The van der Waals surface area contributed by atoms with Crippen molar-refractivity contribution in [3.63, 3.8) is 0 Å². The van der Waals surface area contributed by atoms with E-state index < -0.39 is 0 Å². The molecule has 0 amide bonds. The van der Waals surface area contributed by atoms with E-state index in [0.717, 1.165) is 23.9 Å². The van der Waals surface area contributed by atoms with Crippen molar-refractivity contribution in [3.8, 4) is 0 Å². The Hall–Kier alpha value is -0.750. The van der Waals surface area contributed by atoms with E-state index in [0.29, 0.717) is 17.7 Å². The number of thioether (sulfide) groups is 1. The molecular weight excluding hydrogens is 260 g/mol. The molecule has 3 N–H and O–H groups in total. The Morgan fingerprint density at radius 3 is 2.89 bits per heavy atom. The van der Waals surface area contributed by atoms with E-state index in [1.165, 1.54) is 6.42 Å². The Morgan fingerprint density at radius 2 is 2.26 bits per heavy atom. The third kappa shape index (κ3) is 3.23. The lowest BCUT2D eigenvalue weighted by Crippen LogP contribution is -2.39. The molecule has 1 aliphatic rings. The monoisotopic (exact) mass is 284 g/mol. The zero-order valence-electron chi connectivity index (χ0n) is 11.9. The van der Waals surface area contributed by atoms with E-state index in [2.05, 4.69) is 24.0 Å². The number of nitrogens with zero attached hydrogens (tertiary/aromatic N) is 2. The topological polar surface area (TPSA) is 76.7 Å². The van der Waals surface area contributed by atoms with Crippen LogP contribution in [0, 0.1) is 11.8 Å². The van der Waals surface area contributed by atoms with Gasteiger partial charge in [-0.05, 0) is 38.0 Å². The quantitative estimate of drug-likeness (QED) is 0.884. The molecule has 0 bridgehead atoms. The summed E-state index contributed by atoms with van der Waals surface area (Å²) in [7, 11) is 0. The second kappa shape index (κ2) is 6.13. The summed E-state index contributed by atoms with van der Waals surface area (Å²) in [4.78, 5) is 11.6. The Bertz CT molecular complexity index is 467. The van der Waals surface area contributed by atoms with E-state index in [-0.39, 0.29) is 11.7 Å². The number of nitrogens with one attached hydrogen (secondary N) is 1. The molecule has 108 valence electrons. The van der Waals surface area contributed by atoms with Gasteiger partial charge in [-0.15, -0.1) is 5.10 Å². The first kappa shape index (κ1) is 14.7. The first-order valence-electron chi connectivity index (χ1n) is 7.10. The fourth-order valence-electron chi connectivity index (χ4n) is 2.73. The summed E-state index contributed by atoms with van der Waals surface area (Å²) in [6.07, 6.45) is 3.41. The molecule has 0 saturated heterocycles. The molecule has 19 heavy (non-hydrogen) atoms. The molecule has 3 atom stereocenters. The molecule has 0 aliphatic heterocycles. The molecule has 2 rings (SSSR count). The summed E-state index contributed by atoms with van der Waals surface area (Å²) in [5.41, 5.74) is 6.11. The van der Waals surface area contributed by atoms with Crippen LogP contribution >= 0.6 is 11.8 Å². The van der Waals surface area contributed by atoms with Crippen molar-refractivity contribution in [2.75, 3.05) is 0 Å². The van der Waals surface area contributed by atoms with Crippen molar-refractivity contribution in [2.24, 2.45) is 17.6 Å². The number of nitrogens with two attached hydrogens (primary N) is 1. The highest BCUT2D eigenvalue weighted by Crippen LogP contribution is 2.37. The van der Waals surface area contributed by atoms with E-state index in [9.17, 15) is 4.79 Å². The fraction of sp³-hybridized carbons (Fsp3) is 0.846. The number of hydrogen-bond acceptors (Lipinski definition) is 4. The van der Waals surface area contributed by atoms with Crippen LogP contribution in [-0.2, 0) is 6.54 Å². The Balaban J connectivity index is 2.10. The molecule has 0 radical (unpaired) electrons. The summed E-state index contributed by atoms with van der Waals surface area (Å²) >= 11 is 1.66. The van der Waals surface area contributed by atoms with Gasteiger partial charge in [0.05, 0.1) is 0 Å². The van der Waals surface area contributed by atoms with Gasteiger partial charge in [-0.1, -0.05) is 25.6 Å². The maximum Gasteiger partial charge on any atom is 0.343 e. The molecule has 0 spiro atoms. The average molecular weight is 284 g/mol. The SMILES string of the molecule is CCn1c(SC2CC(C(C)C)CCC2N)n[nH]c1=O. The third-order valence-corrected chi connectivity index (χ3v) is 5.49. The zero-order chi connectivity index (χ0) is 14.0.